The van der Waals surface area contributed by atoms with Gasteiger partial charge in [0.05, 0.1) is 41.6 Å². The Morgan fingerprint density at radius 1 is 0.566 bits per heavy atom. The molecule has 3 fully saturated rings. The molecule has 6 aliphatic rings. The fourth-order valence-corrected chi connectivity index (χ4v) is 10.9. The summed E-state index contributed by atoms with van der Waals surface area (Å²) in [5, 5.41) is 0. The van der Waals surface area contributed by atoms with E-state index in [2.05, 4.69) is 0 Å². The van der Waals surface area contributed by atoms with Crippen LogP contribution in [0.2, 0.25) is 0 Å². The van der Waals surface area contributed by atoms with Crippen LogP contribution in [-0.2, 0) is 28.4 Å². The maximum Gasteiger partial charge on any atom is 0.410 e. The minimum Gasteiger partial charge on any atom is -0.501 e. The third-order valence-corrected chi connectivity index (χ3v) is 14.8. The van der Waals surface area contributed by atoms with Crippen LogP contribution in [0.25, 0.3) is 0 Å². The Bertz CT molecular complexity index is 2900. The number of piperidine rings is 3. The SMILES string of the molecule is CC(C)(C)OC(=O)N1CCC2(CC1)CC(=O)c1ccc(F)cc1O2.CCO/C=C1\C(=O)c2ccc(F)cc2OC12CCN(C(=O)OC(C)(C)C)CC2.CCOC(OCC)C1C(=O)c2ccc(F)cc2OC12CCN(C(=O)OC(C)(C)C)CC2. The van der Waals surface area contributed by atoms with E-state index < -0.39 is 75.5 Å². The van der Waals surface area contributed by atoms with E-state index in [4.69, 9.17) is 42.6 Å². The van der Waals surface area contributed by atoms with Gasteiger partial charge in [-0.3, -0.25) is 14.4 Å². The number of fused-ring (bicyclic) bond motifs is 3. The van der Waals surface area contributed by atoms with Gasteiger partial charge in [-0.1, -0.05) is 0 Å². The molecule has 0 N–H and O–H groups in total. The van der Waals surface area contributed by atoms with E-state index in [1.807, 2.05) is 83.1 Å². The number of benzene rings is 3. The maximum absolute atomic E-state index is 13.9. The second kappa shape index (κ2) is 25.5. The van der Waals surface area contributed by atoms with Gasteiger partial charge in [0.1, 0.15) is 74.2 Å². The molecule has 454 valence electrons. The molecule has 18 nitrogen and oxygen atoms in total. The van der Waals surface area contributed by atoms with Crippen LogP contribution >= 0.6 is 0 Å². The van der Waals surface area contributed by atoms with Crippen molar-refractivity contribution in [2.45, 2.75) is 168 Å². The van der Waals surface area contributed by atoms with Crippen molar-refractivity contribution < 1.29 is 84.6 Å². The summed E-state index contributed by atoms with van der Waals surface area (Å²) in [4.78, 5) is 80.8. The summed E-state index contributed by atoms with van der Waals surface area (Å²) in [5.41, 5.74) is -2.84. The summed E-state index contributed by atoms with van der Waals surface area (Å²) in [7, 11) is 0. The monoisotopic (exact) mass is 1160 g/mol. The summed E-state index contributed by atoms with van der Waals surface area (Å²) in [6, 6.07) is 11.8. The summed E-state index contributed by atoms with van der Waals surface area (Å²) in [6.45, 7) is 25.3. The molecule has 0 saturated carbocycles. The molecule has 0 aliphatic carbocycles. The van der Waals surface area contributed by atoms with Crippen molar-refractivity contribution in [3.8, 4) is 17.2 Å². The predicted molar refractivity (Wildman–Crippen MR) is 298 cm³/mol. The molecule has 3 saturated heterocycles. The first-order valence-electron chi connectivity index (χ1n) is 28.5. The van der Waals surface area contributed by atoms with Crippen LogP contribution < -0.4 is 14.2 Å². The van der Waals surface area contributed by atoms with E-state index in [9.17, 15) is 41.9 Å². The average molecular weight is 1160 g/mol. The van der Waals surface area contributed by atoms with Crippen molar-refractivity contribution in [3.63, 3.8) is 0 Å². The van der Waals surface area contributed by atoms with Crippen molar-refractivity contribution in [2.75, 3.05) is 59.1 Å². The van der Waals surface area contributed by atoms with Crippen LogP contribution in [0.3, 0.4) is 0 Å². The molecule has 9 rings (SSSR count). The molecule has 3 aromatic carbocycles. The lowest BCUT2D eigenvalue weighted by Gasteiger charge is -2.49. The first-order valence-corrected chi connectivity index (χ1v) is 28.5. The van der Waals surface area contributed by atoms with Crippen LogP contribution in [0.1, 0.15) is 159 Å². The molecule has 6 aliphatic heterocycles. The number of ether oxygens (including phenoxy) is 9. The van der Waals surface area contributed by atoms with Crippen molar-refractivity contribution in [1.82, 2.24) is 14.7 Å². The summed E-state index contributed by atoms with van der Waals surface area (Å²) in [5.74, 6) is -1.82. The van der Waals surface area contributed by atoms with Gasteiger partial charge in [0.25, 0.3) is 0 Å². The van der Waals surface area contributed by atoms with E-state index in [0.717, 1.165) is 0 Å². The van der Waals surface area contributed by atoms with Gasteiger partial charge in [0.15, 0.2) is 23.6 Å². The van der Waals surface area contributed by atoms with Gasteiger partial charge in [0, 0.05) is 109 Å². The molecule has 0 bridgehead atoms. The van der Waals surface area contributed by atoms with Gasteiger partial charge in [-0.25, -0.2) is 27.6 Å². The molecule has 3 spiro atoms. The number of rotatable bonds is 7. The molecular formula is C62H80F3N3O15. The Balaban J connectivity index is 0.000000180. The molecule has 1 atom stereocenters. The van der Waals surface area contributed by atoms with Gasteiger partial charge < -0.3 is 57.3 Å². The molecule has 83 heavy (non-hydrogen) atoms. The predicted octanol–water partition coefficient (Wildman–Crippen LogP) is 11.8. The van der Waals surface area contributed by atoms with E-state index in [0.29, 0.717) is 126 Å². The van der Waals surface area contributed by atoms with Gasteiger partial charge in [-0.05, 0) is 119 Å². The topological polar surface area (TPSA) is 195 Å². The van der Waals surface area contributed by atoms with E-state index in [1.165, 1.54) is 60.9 Å². The number of amides is 3. The highest BCUT2D eigenvalue weighted by atomic mass is 19.1. The third-order valence-electron chi connectivity index (χ3n) is 14.8. The number of halogens is 3. The van der Waals surface area contributed by atoms with Crippen molar-refractivity contribution in [2.24, 2.45) is 5.92 Å². The fourth-order valence-electron chi connectivity index (χ4n) is 10.9. The molecule has 3 amide bonds. The standard InChI is InChI=1S/C23H32FNO6.C21H26FNO5.C18H22FNO4/c1-6-28-20(29-7-2)18-19(26)16-9-8-15(24)14-17(16)30-23(18)10-12-25(13-11-23)21(27)31-22(3,4)5;1-5-26-13-16-18(24)15-7-6-14(22)12-17(15)27-21(16)8-10-23(11-9-21)19(25)28-20(2,3)4;1-17(2,3)24-16(22)20-8-6-18(7-9-20)11-14(21)13-5-4-12(19)10-15(13)23-18/h8-9,14,18,20H,6-7,10-13H2,1-5H3;6-7,12-13H,5,8-11H2,1-4H3;4-5,10H,6-9,11H2,1-3H3/b;16-13+;. The fraction of sp³-hybridized carbons (Fsp3) is 0.581. The zero-order valence-electron chi connectivity index (χ0n) is 49.8. The minimum atomic E-state index is -0.967. The van der Waals surface area contributed by atoms with Crippen LogP contribution in [0.15, 0.2) is 66.4 Å². The largest absolute Gasteiger partial charge is 0.501 e. The number of nitrogens with zero attached hydrogens (tertiary/aromatic N) is 3. The first-order chi connectivity index (χ1) is 38.9. The summed E-state index contributed by atoms with van der Waals surface area (Å²) < 4.78 is 92.8. The van der Waals surface area contributed by atoms with Crippen LogP contribution in [0.5, 0.6) is 17.2 Å². The Hall–Kier alpha value is -6.87. The highest BCUT2D eigenvalue weighted by Gasteiger charge is 2.56. The molecule has 1 unspecified atom stereocenters. The van der Waals surface area contributed by atoms with E-state index in [1.54, 1.807) is 14.7 Å². The Labute approximate surface area is 484 Å². The van der Waals surface area contributed by atoms with E-state index in [-0.39, 0.29) is 41.4 Å². The normalized spacial score (nSPS) is 20.1. The summed E-state index contributed by atoms with van der Waals surface area (Å²) in [6.07, 6.45) is 2.29. The zero-order chi connectivity index (χ0) is 60.9. The summed E-state index contributed by atoms with van der Waals surface area (Å²) >= 11 is 0. The second-order valence-corrected chi connectivity index (χ2v) is 24.4. The quantitative estimate of drug-likeness (QED) is 0.0937. The molecule has 0 aromatic heterocycles. The van der Waals surface area contributed by atoms with Crippen LogP contribution in [-0.4, -0.2) is 149 Å². The van der Waals surface area contributed by atoms with Crippen LogP contribution in [0, 0.1) is 23.4 Å². The first kappa shape index (κ1) is 63.7. The zero-order valence-corrected chi connectivity index (χ0v) is 49.8. The average Bonchev–Trinajstić information content (AvgIpc) is 2.05. The number of hydrogen-bond donors (Lipinski definition) is 0. The molecule has 21 heteroatoms. The lowest BCUT2D eigenvalue weighted by molar-refractivity contribution is -0.198. The Kier molecular flexibility index (Phi) is 19.6. The minimum absolute atomic E-state index is 0.0398. The lowest BCUT2D eigenvalue weighted by atomic mass is 9.73. The number of ketones is 3. The second-order valence-electron chi connectivity index (χ2n) is 24.4. The Morgan fingerprint density at radius 3 is 1.42 bits per heavy atom. The van der Waals surface area contributed by atoms with Gasteiger partial charge in [-0.2, -0.15) is 0 Å². The maximum atomic E-state index is 13.9. The van der Waals surface area contributed by atoms with Crippen molar-refractivity contribution in [3.05, 3.63) is 101 Å². The van der Waals surface area contributed by atoms with E-state index >= 15 is 0 Å². The van der Waals surface area contributed by atoms with Gasteiger partial charge in [0.2, 0.25) is 0 Å². The van der Waals surface area contributed by atoms with Crippen molar-refractivity contribution in [1.29, 1.82) is 0 Å². The molecule has 0 radical (unpaired) electrons. The highest BCUT2D eigenvalue weighted by Crippen LogP contribution is 2.47. The molecule has 6 heterocycles. The van der Waals surface area contributed by atoms with Gasteiger partial charge in [-0.15, -0.1) is 0 Å². The van der Waals surface area contributed by atoms with Gasteiger partial charge >= 0.3 is 18.3 Å². The number of hydrogen-bond acceptors (Lipinski definition) is 15. The van der Waals surface area contributed by atoms with Crippen LogP contribution in [0.4, 0.5) is 27.6 Å². The number of likely N-dealkylation sites (tertiary alicyclic amines) is 3. The number of carbonyl (C=O) groups is 6. The molecular weight excluding hydrogens is 1080 g/mol. The number of carbonyl (C=O) groups excluding carboxylic acids is 6. The Morgan fingerprint density at radius 2 is 0.976 bits per heavy atom. The number of Topliss-reactive ketones (excluding diaryl/α,β-unsaturated/α-hetero) is 3. The lowest BCUT2D eigenvalue weighted by Crippen LogP contribution is -2.61. The van der Waals surface area contributed by atoms with Crippen molar-refractivity contribution >= 4 is 35.6 Å². The third kappa shape index (κ3) is 15.5. The highest BCUT2D eigenvalue weighted by molar-refractivity contribution is 6.13. The smallest absolute Gasteiger partial charge is 0.410 e. The molecule has 3 aromatic rings.